The maximum absolute atomic E-state index is 12.3. The number of carbonyl (C=O) groups is 2. The van der Waals surface area contributed by atoms with E-state index in [0.717, 1.165) is 47.9 Å². The van der Waals surface area contributed by atoms with Crippen LogP contribution in [0.3, 0.4) is 0 Å². The molecule has 2 aliphatic carbocycles. The Kier molecular flexibility index (Phi) is 14.6. The summed E-state index contributed by atoms with van der Waals surface area (Å²) in [5, 5.41) is 26.8. The zero-order chi connectivity index (χ0) is 43.2. The first kappa shape index (κ1) is 45.0. The summed E-state index contributed by atoms with van der Waals surface area (Å²) in [7, 11) is 2.56. The maximum Gasteiger partial charge on any atom is 0.328 e. The first-order valence-electron chi connectivity index (χ1n) is 20.2. The largest absolute Gasteiger partial charge is 0.493 e. The molecule has 2 aliphatic rings. The minimum atomic E-state index is -1.30. The molecular weight excluding hydrogens is 811 g/mol. The van der Waals surface area contributed by atoms with Gasteiger partial charge in [-0.05, 0) is 98.9 Å². The maximum atomic E-state index is 12.3. The Morgan fingerprint density at radius 2 is 1.07 bits per heavy atom. The van der Waals surface area contributed by atoms with Crippen LogP contribution in [0.4, 0.5) is 0 Å². The standard InChI is InChI=1S/C46H54Cl2N2O10/c1-7-57-39-21-41(35(47)19-27(39)23-49-45(3,25-51)43(53)55-5)59-37-17-15-31-29(11-9-13-33(31)37)30-12-10-14-34-32(30)16-18-38(34)60-42-22-40(58-8-2)28(20-36(42)48)24-50-46(4,26-52)44(54)56-6/h9-14,19-22,37-38,49-52H,7-8,15-18,23-26H2,1-6H3/t37-,38-,45-,46-/m0/s1. The lowest BCUT2D eigenvalue weighted by Crippen LogP contribution is -2.52. The van der Waals surface area contributed by atoms with E-state index in [1.807, 2.05) is 13.8 Å². The predicted octanol–water partition coefficient (Wildman–Crippen LogP) is 7.62. The molecule has 4 aromatic rings. The van der Waals surface area contributed by atoms with Gasteiger partial charge in [-0.15, -0.1) is 0 Å². The van der Waals surface area contributed by atoms with Crippen LogP contribution in [0.25, 0.3) is 11.1 Å². The van der Waals surface area contributed by atoms with Crippen LogP contribution in [0.5, 0.6) is 23.0 Å². The number of nitrogens with one attached hydrogen (secondary N) is 2. The summed E-state index contributed by atoms with van der Waals surface area (Å²) in [6, 6.07) is 19.8. The minimum absolute atomic E-state index is 0.196. The highest BCUT2D eigenvalue weighted by molar-refractivity contribution is 6.32. The normalized spacial score (nSPS) is 17.5. The molecule has 0 heterocycles. The first-order chi connectivity index (χ1) is 28.8. The molecule has 12 nitrogen and oxygen atoms in total. The van der Waals surface area contributed by atoms with Crippen molar-refractivity contribution >= 4 is 35.1 Å². The molecule has 4 aromatic carbocycles. The van der Waals surface area contributed by atoms with Crippen LogP contribution in [0.2, 0.25) is 10.0 Å². The van der Waals surface area contributed by atoms with Gasteiger partial charge in [0.1, 0.15) is 46.3 Å². The van der Waals surface area contributed by atoms with Gasteiger partial charge < -0.3 is 38.6 Å². The summed E-state index contributed by atoms with van der Waals surface area (Å²) >= 11 is 13.7. The zero-order valence-electron chi connectivity index (χ0n) is 34.9. The van der Waals surface area contributed by atoms with Gasteiger partial charge in [0, 0.05) is 36.3 Å². The van der Waals surface area contributed by atoms with Crippen molar-refractivity contribution in [1.82, 2.24) is 10.6 Å². The Balaban J connectivity index is 1.21. The number of fused-ring (bicyclic) bond motifs is 2. The molecule has 0 bridgehead atoms. The lowest BCUT2D eigenvalue weighted by molar-refractivity contribution is -0.150. The number of ether oxygens (including phenoxy) is 6. The molecule has 0 aromatic heterocycles. The van der Waals surface area contributed by atoms with Crippen LogP contribution in [-0.2, 0) is 45.0 Å². The van der Waals surface area contributed by atoms with Crippen molar-refractivity contribution in [2.75, 3.05) is 40.6 Å². The minimum Gasteiger partial charge on any atom is -0.493 e. The van der Waals surface area contributed by atoms with Gasteiger partial charge in [0.2, 0.25) is 0 Å². The molecular formula is C46H54Cl2N2O10. The van der Waals surface area contributed by atoms with Crippen molar-refractivity contribution in [3.8, 4) is 34.1 Å². The number of benzene rings is 4. The second kappa shape index (κ2) is 19.4. The molecule has 0 aliphatic heterocycles. The van der Waals surface area contributed by atoms with E-state index in [4.69, 9.17) is 51.6 Å². The third kappa shape index (κ3) is 9.34. The summed E-state index contributed by atoms with van der Waals surface area (Å²) < 4.78 is 35.0. The monoisotopic (exact) mass is 864 g/mol. The summed E-state index contributed by atoms with van der Waals surface area (Å²) in [6.07, 6.45) is 2.69. The van der Waals surface area contributed by atoms with Gasteiger partial charge in [0.25, 0.3) is 0 Å². The lowest BCUT2D eigenvalue weighted by atomic mass is 9.91. The number of aliphatic hydroxyl groups is 2. The Hall–Kier alpha value is -4.56. The average Bonchev–Trinajstić information content (AvgIpc) is 3.87. The van der Waals surface area contributed by atoms with Gasteiger partial charge in [-0.2, -0.15) is 0 Å². The highest BCUT2D eigenvalue weighted by atomic mass is 35.5. The van der Waals surface area contributed by atoms with Crippen molar-refractivity contribution in [1.29, 1.82) is 0 Å². The summed E-state index contributed by atoms with van der Waals surface area (Å²) in [5.41, 5.74) is 5.78. The van der Waals surface area contributed by atoms with E-state index in [-0.39, 0.29) is 25.3 Å². The van der Waals surface area contributed by atoms with Gasteiger partial charge >= 0.3 is 11.9 Å². The fourth-order valence-corrected chi connectivity index (χ4v) is 8.36. The van der Waals surface area contributed by atoms with E-state index in [0.29, 0.717) is 57.4 Å². The van der Waals surface area contributed by atoms with E-state index in [9.17, 15) is 19.8 Å². The van der Waals surface area contributed by atoms with Crippen LogP contribution < -0.4 is 29.6 Å². The second-order valence-electron chi connectivity index (χ2n) is 15.4. The van der Waals surface area contributed by atoms with E-state index >= 15 is 0 Å². The SMILES string of the molecule is CCOc1cc(O[C@H]2CCc3c(-c4cccc5c4CC[C@@H]5Oc4cc(OCC)c(CN[C@@](C)(CO)C(=O)OC)cc4Cl)cccc32)c(Cl)cc1CN[C@@](C)(CO)C(=O)OC. The zero-order valence-corrected chi connectivity index (χ0v) is 36.4. The third-order valence-corrected chi connectivity index (χ3v) is 11.9. The molecule has 14 heteroatoms. The Morgan fingerprint density at radius 1 is 0.667 bits per heavy atom. The molecule has 0 saturated carbocycles. The van der Waals surface area contributed by atoms with Gasteiger partial charge in [-0.3, -0.25) is 10.6 Å². The molecule has 0 unspecified atom stereocenters. The van der Waals surface area contributed by atoms with E-state index in [1.54, 1.807) is 38.1 Å². The number of esters is 2. The van der Waals surface area contributed by atoms with Crippen molar-refractivity contribution in [3.05, 3.63) is 104 Å². The third-order valence-electron chi connectivity index (χ3n) is 11.3. The number of carbonyl (C=O) groups excluding carboxylic acids is 2. The quantitative estimate of drug-likeness (QED) is 0.0686. The van der Waals surface area contributed by atoms with E-state index < -0.39 is 36.2 Å². The number of rotatable bonds is 19. The van der Waals surface area contributed by atoms with Gasteiger partial charge in [-0.1, -0.05) is 59.6 Å². The van der Waals surface area contributed by atoms with E-state index in [2.05, 4.69) is 47.0 Å². The molecule has 0 amide bonds. The van der Waals surface area contributed by atoms with Crippen molar-refractivity contribution < 1.29 is 48.2 Å². The first-order valence-corrected chi connectivity index (χ1v) is 20.9. The van der Waals surface area contributed by atoms with Crippen LogP contribution in [0, 0.1) is 0 Å². The summed E-state index contributed by atoms with van der Waals surface area (Å²) in [4.78, 5) is 24.7. The molecule has 0 saturated heterocycles. The number of hydrogen-bond acceptors (Lipinski definition) is 12. The summed E-state index contributed by atoms with van der Waals surface area (Å²) in [5.74, 6) is 0.938. The number of aliphatic hydroxyl groups excluding tert-OH is 2. The smallest absolute Gasteiger partial charge is 0.328 e. The van der Waals surface area contributed by atoms with E-state index in [1.165, 1.54) is 25.3 Å². The van der Waals surface area contributed by atoms with Crippen molar-refractivity contribution in [3.63, 3.8) is 0 Å². The lowest BCUT2D eigenvalue weighted by Gasteiger charge is -2.26. The highest BCUT2D eigenvalue weighted by Crippen LogP contribution is 2.47. The Labute approximate surface area is 361 Å². The number of methoxy groups -OCH3 is 2. The molecule has 0 spiro atoms. The summed E-state index contributed by atoms with van der Waals surface area (Å²) in [6.45, 7) is 7.22. The molecule has 6 rings (SSSR count). The molecule has 4 N–H and O–H groups in total. The topological polar surface area (TPSA) is 154 Å². The van der Waals surface area contributed by atoms with Crippen molar-refractivity contribution in [2.45, 2.75) is 89.8 Å². The fourth-order valence-electron chi connectivity index (χ4n) is 7.89. The van der Waals surface area contributed by atoms with Crippen LogP contribution in [0.1, 0.15) is 86.1 Å². The average molecular weight is 866 g/mol. The predicted molar refractivity (Wildman–Crippen MR) is 229 cm³/mol. The molecule has 0 radical (unpaired) electrons. The molecule has 0 fully saturated rings. The van der Waals surface area contributed by atoms with Crippen LogP contribution in [0.15, 0.2) is 60.7 Å². The van der Waals surface area contributed by atoms with Crippen LogP contribution in [-0.4, -0.2) is 73.9 Å². The molecule has 322 valence electrons. The number of hydrogen-bond donors (Lipinski definition) is 4. The Bertz CT molecular complexity index is 2050. The fraction of sp³-hybridized carbons (Fsp3) is 0.435. The highest BCUT2D eigenvalue weighted by Gasteiger charge is 2.36. The second-order valence-corrected chi connectivity index (χ2v) is 16.2. The molecule has 4 atom stereocenters. The number of halogens is 2. The molecule has 60 heavy (non-hydrogen) atoms. The van der Waals surface area contributed by atoms with Gasteiger partial charge in [-0.25, -0.2) is 9.59 Å². The van der Waals surface area contributed by atoms with Crippen molar-refractivity contribution in [2.24, 2.45) is 0 Å². The van der Waals surface area contributed by atoms with Crippen LogP contribution >= 0.6 is 23.2 Å². The Morgan fingerprint density at radius 3 is 1.42 bits per heavy atom. The van der Waals surface area contributed by atoms with Gasteiger partial charge in [0.05, 0.1) is 50.7 Å². The van der Waals surface area contributed by atoms with Gasteiger partial charge in [0.15, 0.2) is 0 Å².